The summed E-state index contributed by atoms with van der Waals surface area (Å²) in [6, 6.07) is 9.03. The molecule has 96 valence electrons. The maximum Gasteiger partial charge on any atom is 0.252 e. The standard InChI is InChI=1S/C14H19N3O/c1-4-6-12(10-15)16-14(18)11-7-5-8-13(9-11)17(2)3/h5,7-9,12H,4,6H2,1-3H3,(H,16,18). The van der Waals surface area contributed by atoms with Crippen molar-refractivity contribution in [3.05, 3.63) is 29.8 Å². The summed E-state index contributed by atoms with van der Waals surface area (Å²) >= 11 is 0. The topological polar surface area (TPSA) is 56.1 Å². The molecule has 0 spiro atoms. The lowest BCUT2D eigenvalue weighted by Gasteiger charge is -2.14. The van der Waals surface area contributed by atoms with Crippen molar-refractivity contribution in [2.75, 3.05) is 19.0 Å². The average molecular weight is 245 g/mol. The minimum Gasteiger partial charge on any atom is -0.378 e. The summed E-state index contributed by atoms with van der Waals surface area (Å²) in [5.74, 6) is -0.196. The van der Waals surface area contributed by atoms with Crippen molar-refractivity contribution in [3.63, 3.8) is 0 Å². The van der Waals surface area contributed by atoms with E-state index in [1.807, 2.05) is 44.1 Å². The fourth-order valence-corrected chi connectivity index (χ4v) is 1.62. The highest BCUT2D eigenvalue weighted by Crippen LogP contribution is 2.13. The van der Waals surface area contributed by atoms with Gasteiger partial charge in [0.05, 0.1) is 6.07 Å². The molecule has 0 radical (unpaired) electrons. The Labute approximate surface area is 108 Å². The number of nitrogens with zero attached hydrogens (tertiary/aromatic N) is 2. The third kappa shape index (κ3) is 3.77. The first-order valence-electron chi connectivity index (χ1n) is 6.06. The van der Waals surface area contributed by atoms with Crippen LogP contribution in [-0.4, -0.2) is 26.0 Å². The van der Waals surface area contributed by atoms with E-state index in [0.717, 1.165) is 12.1 Å². The zero-order valence-electron chi connectivity index (χ0n) is 11.1. The number of nitrogens with one attached hydrogen (secondary N) is 1. The predicted molar refractivity (Wildman–Crippen MR) is 72.5 cm³/mol. The van der Waals surface area contributed by atoms with Gasteiger partial charge in [-0.1, -0.05) is 19.4 Å². The maximum absolute atomic E-state index is 12.0. The van der Waals surface area contributed by atoms with Gasteiger partial charge >= 0.3 is 0 Å². The third-order valence-corrected chi connectivity index (χ3v) is 2.66. The highest BCUT2D eigenvalue weighted by atomic mass is 16.1. The molecule has 1 unspecified atom stereocenters. The third-order valence-electron chi connectivity index (χ3n) is 2.66. The lowest BCUT2D eigenvalue weighted by atomic mass is 10.1. The molecule has 1 aromatic rings. The first-order chi connectivity index (χ1) is 8.58. The number of amides is 1. The molecule has 0 aliphatic heterocycles. The minimum atomic E-state index is -0.412. The first-order valence-corrected chi connectivity index (χ1v) is 6.06. The van der Waals surface area contributed by atoms with E-state index in [1.54, 1.807) is 6.07 Å². The molecule has 1 atom stereocenters. The molecule has 1 aromatic carbocycles. The zero-order valence-corrected chi connectivity index (χ0v) is 11.1. The van der Waals surface area contributed by atoms with Crippen LogP contribution in [0.5, 0.6) is 0 Å². The number of benzene rings is 1. The van der Waals surface area contributed by atoms with Gasteiger partial charge in [-0.15, -0.1) is 0 Å². The van der Waals surface area contributed by atoms with E-state index < -0.39 is 6.04 Å². The zero-order chi connectivity index (χ0) is 13.5. The van der Waals surface area contributed by atoms with Crippen LogP contribution in [-0.2, 0) is 0 Å². The summed E-state index contributed by atoms with van der Waals surface area (Å²) in [7, 11) is 3.85. The van der Waals surface area contributed by atoms with Crippen LogP contribution >= 0.6 is 0 Å². The Morgan fingerprint density at radius 2 is 2.22 bits per heavy atom. The van der Waals surface area contributed by atoms with E-state index in [-0.39, 0.29) is 5.91 Å². The Hall–Kier alpha value is -2.02. The predicted octanol–water partition coefficient (Wildman–Crippen LogP) is 2.17. The molecule has 0 heterocycles. The van der Waals surface area contributed by atoms with Crippen LogP contribution in [0, 0.1) is 11.3 Å². The van der Waals surface area contributed by atoms with Gasteiger partial charge in [-0.3, -0.25) is 4.79 Å². The molecule has 1 N–H and O–H groups in total. The molecule has 0 aliphatic rings. The molecule has 0 aliphatic carbocycles. The van der Waals surface area contributed by atoms with E-state index in [9.17, 15) is 4.79 Å². The molecule has 0 aromatic heterocycles. The fourth-order valence-electron chi connectivity index (χ4n) is 1.62. The molecular formula is C14H19N3O. The summed E-state index contributed by atoms with van der Waals surface area (Å²) in [5.41, 5.74) is 1.55. The van der Waals surface area contributed by atoms with Crippen LogP contribution in [0.15, 0.2) is 24.3 Å². The summed E-state index contributed by atoms with van der Waals surface area (Å²) in [4.78, 5) is 13.9. The van der Waals surface area contributed by atoms with Gasteiger partial charge < -0.3 is 10.2 Å². The highest BCUT2D eigenvalue weighted by Gasteiger charge is 2.12. The number of anilines is 1. The molecule has 0 saturated carbocycles. The van der Waals surface area contributed by atoms with Crippen molar-refractivity contribution >= 4 is 11.6 Å². The second kappa shape index (κ2) is 6.65. The monoisotopic (exact) mass is 245 g/mol. The SMILES string of the molecule is CCCC(C#N)NC(=O)c1cccc(N(C)C)c1. The lowest BCUT2D eigenvalue weighted by molar-refractivity contribution is 0.0944. The van der Waals surface area contributed by atoms with Crippen molar-refractivity contribution in [1.29, 1.82) is 5.26 Å². The van der Waals surface area contributed by atoms with Crippen LogP contribution in [0.25, 0.3) is 0 Å². The Bertz CT molecular complexity index is 449. The molecule has 1 amide bonds. The van der Waals surface area contributed by atoms with Gasteiger partial charge in [-0.25, -0.2) is 0 Å². The van der Waals surface area contributed by atoms with Crippen LogP contribution in [0.2, 0.25) is 0 Å². The lowest BCUT2D eigenvalue weighted by Crippen LogP contribution is -2.33. The average Bonchev–Trinajstić information content (AvgIpc) is 2.38. The number of carbonyl (C=O) groups excluding carboxylic acids is 1. The van der Waals surface area contributed by atoms with E-state index in [0.29, 0.717) is 12.0 Å². The van der Waals surface area contributed by atoms with E-state index in [1.165, 1.54) is 0 Å². The molecule has 18 heavy (non-hydrogen) atoms. The summed E-state index contributed by atoms with van der Waals surface area (Å²) in [5, 5.41) is 11.7. The number of carbonyl (C=O) groups is 1. The second-order valence-electron chi connectivity index (χ2n) is 4.39. The van der Waals surface area contributed by atoms with Crippen LogP contribution in [0.4, 0.5) is 5.69 Å². The fraction of sp³-hybridized carbons (Fsp3) is 0.429. The quantitative estimate of drug-likeness (QED) is 0.865. The van der Waals surface area contributed by atoms with Gasteiger partial charge in [-0.2, -0.15) is 5.26 Å². The largest absolute Gasteiger partial charge is 0.378 e. The Morgan fingerprint density at radius 1 is 1.50 bits per heavy atom. The van der Waals surface area contributed by atoms with E-state index in [2.05, 4.69) is 11.4 Å². The number of rotatable bonds is 5. The van der Waals surface area contributed by atoms with Crippen LogP contribution in [0.1, 0.15) is 30.1 Å². The normalized spacial score (nSPS) is 11.4. The minimum absolute atomic E-state index is 0.196. The number of nitriles is 1. The van der Waals surface area contributed by atoms with Crippen molar-refractivity contribution in [3.8, 4) is 6.07 Å². The van der Waals surface area contributed by atoms with Crippen LogP contribution in [0.3, 0.4) is 0 Å². The van der Waals surface area contributed by atoms with Gasteiger partial charge in [0.1, 0.15) is 6.04 Å². The molecule has 0 bridgehead atoms. The Kier molecular flexibility index (Phi) is 5.19. The summed E-state index contributed by atoms with van der Waals surface area (Å²) < 4.78 is 0. The molecule has 4 nitrogen and oxygen atoms in total. The van der Waals surface area contributed by atoms with Gasteiger partial charge in [-0.05, 0) is 24.6 Å². The van der Waals surface area contributed by atoms with Crippen molar-refractivity contribution in [2.24, 2.45) is 0 Å². The van der Waals surface area contributed by atoms with Gasteiger partial charge in [0, 0.05) is 25.3 Å². The maximum atomic E-state index is 12.0. The molecule has 1 rings (SSSR count). The van der Waals surface area contributed by atoms with Gasteiger partial charge in [0.2, 0.25) is 0 Å². The molecule has 4 heteroatoms. The summed E-state index contributed by atoms with van der Waals surface area (Å²) in [6.45, 7) is 1.99. The van der Waals surface area contributed by atoms with E-state index >= 15 is 0 Å². The Morgan fingerprint density at radius 3 is 2.78 bits per heavy atom. The highest BCUT2D eigenvalue weighted by molar-refractivity contribution is 5.95. The second-order valence-corrected chi connectivity index (χ2v) is 4.39. The molecule has 0 fully saturated rings. The van der Waals surface area contributed by atoms with Crippen molar-refractivity contribution < 1.29 is 4.79 Å². The Balaban J connectivity index is 2.78. The van der Waals surface area contributed by atoms with Crippen molar-refractivity contribution in [1.82, 2.24) is 5.32 Å². The van der Waals surface area contributed by atoms with Crippen molar-refractivity contribution in [2.45, 2.75) is 25.8 Å². The molecule has 0 saturated heterocycles. The van der Waals surface area contributed by atoms with Gasteiger partial charge in [0.15, 0.2) is 0 Å². The smallest absolute Gasteiger partial charge is 0.252 e. The van der Waals surface area contributed by atoms with Gasteiger partial charge in [0.25, 0.3) is 5.91 Å². The van der Waals surface area contributed by atoms with E-state index in [4.69, 9.17) is 5.26 Å². The number of hydrogen-bond donors (Lipinski definition) is 1. The number of hydrogen-bond acceptors (Lipinski definition) is 3. The van der Waals surface area contributed by atoms with Crippen LogP contribution < -0.4 is 10.2 Å². The first kappa shape index (κ1) is 14.0. The summed E-state index contributed by atoms with van der Waals surface area (Å²) in [6.07, 6.45) is 1.55. The molecular weight excluding hydrogens is 226 g/mol.